The van der Waals surface area contributed by atoms with E-state index < -0.39 is 4.92 Å². The maximum absolute atomic E-state index is 12.0. The first-order valence-electron chi connectivity index (χ1n) is 7.60. The van der Waals surface area contributed by atoms with Crippen molar-refractivity contribution in [2.24, 2.45) is 0 Å². The van der Waals surface area contributed by atoms with Crippen LogP contribution < -0.4 is 5.32 Å². The van der Waals surface area contributed by atoms with Crippen LogP contribution in [0.4, 0.5) is 11.4 Å². The quantitative estimate of drug-likeness (QED) is 0.509. The fraction of sp³-hybridized carbons (Fsp3) is 0.211. The molecule has 0 aliphatic heterocycles. The molecule has 1 amide bonds. The second kappa shape index (κ2) is 7.08. The standard InChI is InChI=1S/C19H20N2O3/c1-19(2,3)15-8-10-16(11-9-15)20-18(22)12-7-14-5-4-6-17(13-14)21(23)24/h4-13H,1-3H3,(H,20,22)/b12-7-. The van der Waals surface area contributed by atoms with Gasteiger partial charge in [0.25, 0.3) is 5.69 Å². The molecular formula is C19H20N2O3. The number of nitrogens with one attached hydrogen (secondary N) is 1. The van der Waals surface area contributed by atoms with E-state index in [1.54, 1.807) is 18.2 Å². The van der Waals surface area contributed by atoms with Crippen LogP contribution in [0.15, 0.2) is 54.6 Å². The Morgan fingerprint density at radius 1 is 1.12 bits per heavy atom. The predicted molar refractivity (Wildman–Crippen MR) is 95.9 cm³/mol. The van der Waals surface area contributed by atoms with Gasteiger partial charge in [-0.15, -0.1) is 0 Å². The summed E-state index contributed by atoms with van der Waals surface area (Å²) >= 11 is 0. The van der Waals surface area contributed by atoms with Crippen LogP contribution in [0, 0.1) is 10.1 Å². The van der Waals surface area contributed by atoms with Gasteiger partial charge in [0.1, 0.15) is 0 Å². The number of nitro groups is 1. The summed E-state index contributed by atoms with van der Waals surface area (Å²) in [4.78, 5) is 22.2. The summed E-state index contributed by atoms with van der Waals surface area (Å²) in [5.41, 5.74) is 2.55. The molecule has 2 rings (SSSR count). The first kappa shape index (κ1) is 17.4. The summed E-state index contributed by atoms with van der Waals surface area (Å²) in [6.45, 7) is 6.38. The SMILES string of the molecule is CC(C)(C)c1ccc(NC(=O)/C=C\c2cccc([N+](=O)[O-])c2)cc1. The molecular weight excluding hydrogens is 304 g/mol. The number of carbonyl (C=O) groups is 1. The zero-order chi connectivity index (χ0) is 17.7. The van der Waals surface area contributed by atoms with Gasteiger partial charge in [0.05, 0.1) is 4.92 Å². The predicted octanol–water partition coefficient (Wildman–Crippen LogP) is 4.54. The van der Waals surface area contributed by atoms with Gasteiger partial charge < -0.3 is 5.32 Å². The molecule has 2 aromatic rings. The Morgan fingerprint density at radius 2 is 1.79 bits per heavy atom. The smallest absolute Gasteiger partial charge is 0.270 e. The number of hydrogen-bond donors (Lipinski definition) is 1. The summed E-state index contributed by atoms with van der Waals surface area (Å²) in [6.07, 6.45) is 2.91. The molecule has 0 aliphatic carbocycles. The molecule has 0 aromatic heterocycles. The molecule has 0 spiro atoms. The second-order valence-corrected chi connectivity index (χ2v) is 6.50. The van der Waals surface area contributed by atoms with Crippen LogP contribution in [0.3, 0.4) is 0 Å². The summed E-state index contributed by atoms with van der Waals surface area (Å²) in [5.74, 6) is -0.287. The number of rotatable bonds is 4. The summed E-state index contributed by atoms with van der Waals surface area (Å²) in [5, 5.41) is 13.5. The number of hydrogen-bond acceptors (Lipinski definition) is 3. The molecule has 124 valence electrons. The van der Waals surface area contributed by atoms with Crippen molar-refractivity contribution in [2.45, 2.75) is 26.2 Å². The molecule has 0 unspecified atom stereocenters. The first-order valence-corrected chi connectivity index (χ1v) is 7.60. The van der Waals surface area contributed by atoms with E-state index >= 15 is 0 Å². The van der Waals surface area contributed by atoms with Crippen molar-refractivity contribution in [2.75, 3.05) is 5.32 Å². The fourth-order valence-corrected chi connectivity index (χ4v) is 2.15. The van der Waals surface area contributed by atoms with Crippen LogP contribution in [0.1, 0.15) is 31.9 Å². The van der Waals surface area contributed by atoms with Gasteiger partial charge in [-0.05, 0) is 34.8 Å². The number of benzene rings is 2. The zero-order valence-corrected chi connectivity index (χ0v) is 13.9. The van der Waals surface area contributed by atoms with Crippen LogP contribution in [0.2, 0.25) is 0 Å². The number of nitro benzene ring substituents is 1. The fourth-order valence-electron chi connectivity index (χ4n) is 2.15. The van der Waals surface area contributed by atoms with E-state index in [1.807, 2.05) is 24.3 Å². The molecule has 0 radical (unpaired) electrons. The third-order valence-electron chi connectivity index (χ3n) is 3.53. The Labute approximate surface area is 141 Å². The minimum atomic E-state index is -0.464. The lowest BCUT2D eigenvalue weighted by Crippen LogP contribution is -2.12. The highest BCUT2D eigenvalue weighted by atomic mass is 16.6. The van der Waals surface area contributed by atoms with E-state index in [4.69, 9.17) is 0 Å². The van der Waals surface area contributed by atoms with Gasteiger partial charge in [0.15, 0.2) is 0 Å². The van der Waals surface area contributed by atoms with Gasteiger partial charge in [0, 0.05) is 23.9 Å². The molecule has 0 saturated heterocycles. The molecule has 0 heterocycles. The van der Waals surface area contributed by atoms with Crippen molar-refractivity contribution in [3.63, 3.8) is 0 Å². The van der Waals surface area contributed by atoms with Crippen molar-refractivity contribution in [1.82, 2.24) is 0 Å². The average Bonchev–Trinajstić information content (AvgIpc) is 2.53. The second-order valence-electron chi connectivity index (χ2n) is 6.50. The van der Waals surface area contributed by atoms with E-state index in [0.29, 0.717) is 11.3 Å². The lowest BCUT2D eigenvalue weighted by atomic mass is 9.87. The number of carbonyl (C=O) groups excluding carboxylic acids is 1. The monoisotopic (exact) mass is 324 g/mol. The van der Waals surface area contributed by atoms with Crippen molar-refractivity contribution in [1.29, 1.82) is 0 Å². The topological polar surface area (TPSA) is 72.2 Å². The lowest BCUT2D eigenvalue weighted by Gasteiger charge is -2.19. The lowest BCUT2D eigenvalue weighted by molar-refractivity contribution is -0.384. The van der Waals surface area contributed by atoms with Crippen LogP contribution in [0.25, 0.3) is 6.08 Å². The highest BCUT2D eigenvalue weighted by Gasteiger charge is 2.12. The van der Waals surface area contributed by atoms with Gasteiger partial charge >= 0.3 is 0 Å². The molecule has 0 fully saturated rings. The number of amides is 1. The van der Waals surface area contributed by atoms with Gasteiger partial charge in [-0.1, -0.05) is 45.0 Å². The van der Waals surface area contributed by atoms with Crippen LogP contribution in [-0.2, 0) is 10.2 Å². The minimum Gasteiger partial charge on any atom is -0.323 e. The maximum atomic E-state index is 12.0. The van der Waals surface area contributed by atoms with Crippen molar-refractivity contribution in [3.8, 4) is 0 Å². The van der Waals surface area contributed by atoms with Crippen molar-refractivity contribution < 1.29 is 9.72 Å². The molecule has 0 bridgehead atoms. The molecule has 24 heavy (non-hydrogen) atoms. The Morgan fingerprint density at radius 3 is 2.38 bits per heavy atom. The Bertz CT molecular complexity index is 772. The first-order chi connectivity index (χ1) is 11.3. The van der Waals surface area contributed by atoms with Gasteiger partial charge in [-0.25, -0.2) is 0 Å². The Balaban J connectivity index is 2.03. The van der Waals surface area contributed by atoms with Gasteiger partial charge in [-0.2, -0.15) is 0 Å². The number of anilines is 1. The van der Waals surface area contributed by atoms with Gasteiger partial charge in [-0.3, -0.25) is 14.9 Å². The van der Waals surface area contributed by atoms with E-state index in [9.17, 15) is 14.9 Å². The van der Waals surface area contributed by atoms with Crippen molar-refractivity contribution in [3.05, 3.63) is 75.8 Å². The van der Waals surface area contributed by atoms with Crippen molar-refractivity contribution >= 4 is 23.4 Å². The van der Waals surface area contributed by atoms with Gasteiger partial charge in [0.2, 0.25) is 5.91 Å². The summed E-state index contributed by atoms with van der Waals surface area (Å²) in [7, 11) is 0. The Hall–Kier alpha value is -2.95. The third-order valence-corrected chi connectivity index (χ3v) is 3.53. The van der Waals surface area contributed by atoms with Crippen LogP contribution in [0.5, 0.6) is 0 Å². The zero-order valence-electron chi connectivity index (χ0n) is 13.9. The normalized spacial score (nSPS) is 11.5. The van der Waals surface area contributed by atoms with E-state index in [0.717, 1.165) is 0 Å². The molecule has 0 saturated carbocycles. The van der Waals surface area contributed by atoms with Crippen LogP contribution in [-0.4, -0.2) is 10.8 Å². The molecule has 5 heteroatoms. The number of non-ortho nitro benzene ring substituents is 1. The molecule has 2 aromatic carbocycles. The minimum absolute atomic E-state index is 0.00433. The van der Waals surface area contributed by atoms with E-state index in [-0.39, 0.29) is 17.0 Å². The average molecular weight is 324 g/mol. The molecule has 0 atom stereocenters. The Kier molecular flexibility index (Phi) is 5.14. The maximum Gasteiger partial charge on any atom is 0.270 e. The molecule has 0 aliphatic rings. The van der Waals surface area contributed by atoms with E-state index in [2.05, 4.69) is 26.1 Å². The summed E-state index contributed by atoms with van der Waals surface area (Å²) in [6, 6.07) is 13.8. The number of nitrogens with zero attached hydrogens (tertiary/aromatic N) is 1. The highest BCUT2D eigenvalue weighted by Crippen LogP contribution is 2.23. The third kappa shape index (κ3) is 4.78. The van der Waals surface area contributed by atoms with E-state index in [1.165, 1.54) is 23.8 Å². The summed E-state index contributed by atoms with van der Waals surface area (Å²) < 4.78 is 0. The largest absolute Gasteiger partial charge is 0.323 e. The molecule has 5 nitrogen and oxygen atoms in total. The highest BCUT2D eigenvalue weighted by molar-refractivity contribution is 6.01. The van der Waals surface area contributed by atoms with Crippen LogP contribution >= 0.6 is 0 Å². The molecule has 1 N–H and O–H groups in total.